The number of nitrogens with zero attached hydrogens (tertiary/aromatic N) is 2. The second kappa shape index (κ2) is 15.4. The molecule has 1 atom stereocenters. The van der Waals surface area contributed by atoms with E-state index in [-0.39, 0.29) is 23.8 Å². The molecule has 0 aliphatic heterocycles. The third-order valence-corrected chi connectivity index (χ3v) is 9.60. The molecule has 0 aliphatic carbocycles. The molecule has 0 aliphatic rings. The summed E-state index contributed by atoms with van der Waals surface area (Å²) in [6.45, 7) is 3.88. The Labute approximate surface area is 273 Å². The second-order valence-corrected chi connectivity index (χ2v) is 13.7. The number of carbonyl (C=O) groups excluding carboxylic acids is 2. The van der Waals surface area contributed by atoms with E-state index in [0.717, 1.165) is 31.9 Å². The summed E-state index contributed by atoms with van der Waals surface area (Å²) in [5, 5.41) is 3.34. The van der Waals surface area contributed by atoms with Crippen molar-refractivity contribution in [3.8, 4) is 0 Å². The fraction of sp³-hybridized carbons (Fsp3) is 0.235. The highest BCUT2D eigenvalue weighted by atomic mass is 79.9. The molecule has 0 fully saturated rings. The fourth-order valence-corrected chi connectivity index (χ4v) is 6.71. The van der Waals surface area contributed by atoms with E-state index in [1.165, 1.54) is 29.2 Å². The molecule has 0 saturated carbocycles. The lowest BCUT2D eigenvalue weighted by molar-refractivity contribution is -0.140. The quantitative estimate of drug-likeness (QED) is 0.167. The molecule has 7 nitrogen and oxygen atoms in total. The van der Waals surface area contributed by atoms with Crippen LogP contribution in [0.25, 0.3) is 0 Å². The molecule has 44 heavy (non-hydrogen) atoms. The van der Waals surface area contributed by atoms with Crippen molar-refractivity contribution in [1.29, 1.82) is 0 Å². The molecule has 1 N–H and O–H groups in total. The van der Waals surface area contributed by atoms with Gasteiger partial charge in [0.2, 0.25) is 11.8 Å². The molecule has 0 unspecified atom stereocenters. The molecule has 0 bridgehead atoms. The van der Waals surface area contributed by atoms with Gasteiger partial charge < -0.3 is 10.2 Å². The molecule has 4 rings (SSSR count). The number of rotatable bonds is 13. The van der Waals surface area contributed by atoms with E-state index in [9.17, 15) is 18.0 Å². The maximum atomic E-state index is 14.4. The van der Waals surface area contributed by atoms with Gasteiger partial charge in [0.25, 0.3) is 10.0 Å². The van der Waals surface area contributed by atoms with Gasteiger partial charge in [-0.3, -0.25) is 13.9 Å². The van der Waals surface area contributed by atoms with Crippen LogP contribution >= 0.6 is 27.5 Å². The summed E-state index contributed by atoms with van der Waals surface area (Å²) in [5.41, 5.74) is 2.93. The molecule has 0 radical (unpaired) electrons. The first-order valence-electron chi connectivity index (χ1n) is 14.3. The molecule has 10 heteroatoms. The van der Waals surface area contributed by atoms with Crippen LogP contribution in [0, 0.1) is 6.92 Å². The highest BCUT2D eigenvalue weighted by molar-refractivity contribution is 9.10. The lowest BCUT2D eigenvalue weighted by Crippen LogP contribution is -2.53. The van der Waals surface area contributed by atoms with E-state index >= 15 is 0 Å². The van der Waals surface area contributed by atoms with Gasteiger partial charge in [-0.25, -0.2) is 8.42 Å². The zero-order valence-corrected chi connectivity index (χ0v) is 27.8. The minimum atomic E-state index is -4.19. The molecule has 230 valence electrons. The Bertz CT molecular complexity index is 1670. The number of hydrogen-bond acceptors (Lipinski definition) is 4. The summed E-state index contributed by atoms with van der Waals surface area (Å²) in [5.74, 6) is -0.822. The van der Waals surface area contributed by atoms with Crippen molar-refractivity contribution >= 4 is 55.1 Å². The maximum Gasteiger partial charge on any atom is 0.264 e. The Morgan fingerprint density at radius 1 is 0.886 bits per heavy atom. The molecule has 4 aromatic carbocycles. The molecule has 0 saturated heterocycles. The molecule has 0 spiro atoms. The SMILES string of the molecule is CCCNC(=O)[C@@H](Cc1ccccc1)N(Cc1cccc(Br)c1)C(=O)CN(c1ccc(C)cc1)S(=O)(=O)c1ccc(Cl)cc1. The van der Waals surface area contributed by atoms with E-state index in [1.807, 2.05) is 68.4 Å². The molecular weight excluding hydrogens is 662 g/mol. The van der Waals surface area contributed by atoms with Gasteiger partial charge in [-0.05, 0) is 73.0 Å². The Hall–Kier alpha value is -3.66. The first kappa shape index (κ1) is 33.2. The predicted molar refractivity (Wildman–Crippen MR) is 179 cm³/mol. The van der Waals surface area contributed by atoms with Gasteiger partial charge in [0.05, 0.1) is 10.6 Å². The first-order chi connectivity index (χ1) is 21.1. The molecule has 2 amide bonds. The van der Waals surface area contributed by atoms with Crippen LogP contribution < -0.4 is 9.62 Å². The number of amides is 2. The van der Waals surface area contributed by atoms with Crippen molar-refractivity contribution in [2.45, 2.75) is 44.2 Å². The lowest BCUT2D eigenvalue weighted by atomic mass is 10.0. The summed E-state index contributed by atoms with van der Waals surface area (Å²) >= 11 is 9.54. The number of benzene rings is 4. The van der Waals surface area contributed by atoms with Gasteiger partial charge >= 0.3 is 0 Å². The smallest absolute Gasteiger partial charge is 0.264 e. The third kappa shape index (κ3) is 8.71. The average molecular weight is 697 g/mol. The molecular formula is C34H35BrClN3O4S. The van der Waals surface area contributed by atoms with Crippen molar-refractivity contribution in [3.05, 3.63) is 129 Å². The van der Waals surface area contributed by atoms with Crippen LogP contribution in [0.1, 0.15) is 30.0 Å². The number of aryl methyl sites for hydroxylation is 1. The molecule has 0 aromatic heterocycles. The fourth-order valence-electron chi connectivity index (χ4n) is 4.73. The maximum absolute atomic E-state index is 14.4. The van der Waals surface area contributed by atoms with Crippen LogP contribution in [0.5, 0.6) is 0 Å². The third-order valence-electron chi connectivity index (χ3n) is 7.06. The molecule has 0 heterocycles. The van der Waals surface area contributed by atoms with Crippen molar-refractivity contribution < 1.29 is 18.0 Å². The summed E-state index contributed by atoms with van der Waals surface area (Å²) in [6.07, 6.45) is 0.981. The van der Waals surface area contributed by atoms with Gasteiger partial charge in [-0.15, -0.1) is 0 Å². The van der Waals surface area contributed by atoms with Gasteiger partial charge in [-0.2, -0.15) is 0 Å². The first-order valence-corrected chi connectivity index (χ1v) is 16.9. The summed E-state index contributed by atoms with van der Waals surface area (Å²) in [6, 6.07) is 28.8. The van der Waals surface area contributed by atoms with Crippen molar-refractivity contribution in [2.24, 2.45) is 0 Å². The number of nitrogens with one attached hydrogen (secondary N) is 1. The minimum absolute atomic E-state index is 0.00432. The number of sulfonamides is 1. The predicted octanol–water partition coefficient (Wildman–Crippen LogP) is 6.77. The monoisotopic (exact) mass is 695 g/mol. The Kier molecular flexibility index (Phi) is 11.6. The average Bonchev–Trinajstić information content (AvgIpc) is 3.01. The van der Waals surface area contributed by atoms with Crippen LogP contribution in [0.15, 0.2) is 112 Å². The Morgan fingerprint density at radius 2 is 1.55 bits per heavy atom. The van der Waals surface area contributed by atoms with Gasteiger partial charge in [0, 0.05) is 29.0 Å². The highest BCUT2D eigenvalue weighted by Crippen LogP contribution is 2.26. The number of anilines is 1. The van der Waals surface area contributed by atoms with Crippen LogP contribution in [0.4, 0.5) is 5.69 Å². The van der Waals surface area contributed by atoms with Crippen LogP contribution in [-0.4, -0.2) is 44.3 Å². The highest BCUT2D eigenvalue weighted by Gasteiger charge is 2.34. The van der Waals surface area contributed by atoms with Crippen molar-refractivity contribution in [3.63, 3.8) is 0 Å². The lowest BCUT2D eigenvalue weighted by Gasteiger charge is -2.34. The van der Waals surface area contributed by atoms with E-state index in [4.69, 9.17) is 11.6 Å². The van der Waals surface area contributed by atoms with Crippen molar-refractivity contribution in [2.75, 3.05) is 17.4 Å². The molecule has 4 aromatic rings. The van der Waals surface area contributed by atoms with Crippen LogP contribution in [0.3, 0.4) is 0 Å². The topological polar surface area (TPSA) is 86.8 Å². The van der Waals surface area contributed by atoms with Gasteiger partial charge in [0.15, 0.2) is 0 Å². The zero-order valence-electron chi connectivity index (χ0n) is 24.6. The summed E-state index contributed by atoms with van der Waals surface area (Å²) < 4.78 is 30.0. The van der Waals surface area contributed by atoms with E-state index in [1.54, 1.807) is 24.3 Å². The summed E-state index contributed by atoms with van der Waals surface area (Å²) in [4.78, 5) is 29.6. The standard InChI is InChI=1S/C34H35BrClN3O4S/c1-3-20-37-34(41)32(22-26-8-5-4-6-9-26)38(23-27-10-7-11-28(35)21-27)33(40)24-39(30-16-12-25(2)13-17-30)44(42,43)31-18-14-29(36)15-19-31/h4-19,21,32H,3,20,22-24H2,1-2H3,(H,37,41)/t32-/m1/s1. The minimum Gasteiger partial charge on any atom is -0.354 e. The van der Waals surface area contributed by atoms with Crippen molar-refractivity contribution in [1.82, 2.24) is 10.2 Å². The normalized spacial score (nSPS) is 11.9. The van der Waals surface area contributed by atoms with E-state index < -0.39 is 28.5 Å². The largest absolute Gasteiger partial charge is 0.354 e. The van der Waals surface area contributed by atoms with Crippen LogP contribution in [-0.2, 0) is 32.6 Å². The van der Waals surface area contributed by atoms with Gasteiger partial charge in [0.1, 0.15) is 12.6 Å². The number of halogens is 2. The zero-order chi connectivity index (χ0) is 31.7. The second-order valence-electron chi connectivity index (χ2n) is 10.4. The van der Waals surface area contributed by atoms with Gasteiger partial charge in [-0.1, -0.05) is 94.6 Å². The Morgan fingerprint density at radius 3 is 2.18 bits per heavy atom. The number of carbonyl (C=O) groups is 2. The number of hydrogen-bond donors (Lipinski definition) is 1. The summed E-state index contributed by atoms with van der Waals surface area (Å²) in [7, 11) is -4.19. The van der Waals surface area contributed by atoms with Crippen LogP contribution in [0.2, 0.25) is 5.02 Å². The van der Waals surface area contributed by atoms with E-state index in [0.29, 0.717) is 17.3 Å². The van der Waals surface area contributed by atoms with E-state index in [2.05, 4.69) is 21.2 Å². The Balaban J connectivity index is 1.79.